The van der Waals surface area contributed by atoms with Crippen LogP contribution in [-0.2, 0) is 4.79 Å². The molecule has 0 unspecified atom stereocenters. The molecule has 3 rings (SSSR count). The van der Waals surface area contributed by atoms with Crippen molar-refractivity contribution in [3.8, 4) is 5.75 Å². The number of benzene rings is 1. The van der Waals surface area contributed by atoms with Crippen LogP contribution in [-0.4, -0.2) is 18.2 Å². The van der Waals surface area contributed by atoms with Crippen molar-refractivity contribution >= 4 is 27.5 Å². The third-order valence-electron chi connectivity index (χ3n) is 3.67. The summed E-state index contributed by atoms with van der Waals surface area (Å²) in [6.45, 7) is -0.0231. The van der Waals surface area contributed by atoms with Crippen molar-refractivity contribution in [2.75, 3.05) is 6.61 Å². The second-order valence-electron chi connectivity index (χ2n) is 5.02. The lowest BCUT2D eigenvalue weighted by molar-refractivity contribution is -0.123. The molecule has 2 aliphatic carbocycles. The lowest BCUT2D eigenvalue weighted by Crippen LogP contribution is -2.36. The molecule has 1 N–H and O–H groups in total. The van der Waals surface area contributed by atoms with E-state index in [-0.39, 0.29) is 12.5 Å². The van der Waals surface area contributed by atoms with Crippen LogP contribution in [0, 0.1) is 11.8 Å². The third kappa shape index (κ3) is 2.93. The van der Waals surface area contributed by atoms with Crippen molar-refractivity contribution in [1.82, 2.24) is 5.43 Å². The Hall–Kier alpha value is -1.62. The average molecular weight is 335 g/mol. The number of nitrogens with one attached hydrogen (secondary N) is 1. The highest BCUT2D eigenvalue weighted by Gasteiger charge is 2.37. The zero-order valence-electron chi connectivity index (χ0n) is 10.9. The molecule has 1 aromatic carbocycles. The smallest absolute Gasteiger partial charge is 0.277 e. The number of allylic oxidation sites excluding steroid dienone is 2. The summed E-state index contributed by atoms with van der Waals surface area (Å²) < 4.78 is 6.36. The minimum Gasteiger partial charge on any atom is -0.484 e. The molecule has 1 fully saturated rings. The fraction of sp³-hybridized carbons (Fsp3) is 0.333. The standard InChI is InChI=1S/C15H15BrN2O2/c16-11-4-6-12(7-5-11)20-9-15(19)18-17-14-8-10-2-1-3-13(10)14/h1-2,4-7,10,13H,3,8-9H2,(H,18,19)/b17-14-/t10-,13+/m1/s1. The minimum absolute atomic E-state index is 0.0231. The molecule has 0 bridgehead atoms. The first kappa shape index (κ1) is 13.4. The highest BCUT2D eigenvalue weighted by atomic mass is 79.9. The predicted octanol–water partition coefficient (Wildman–Crippen LogP) is 2.90. The molecule has 1 aromatic rings. The van der Waals surface area contributed by atoms with Crippen LogP contribution in [0.25, 0.3) is 0 Å². The number of amides is 1. The van der Waals surface area contributed by atoms with Gasteiger partial charge in [-0.15, -0.1) is 0 Å². The van der Waals surface area contributed by atoms with Crippen LogP contribution in [0.15, 0.2) is 46.0 Å². The van der Waals surface area contributed by atoms with Gasteiger partial charge in [0, 0.05) is 16.1 Å². The first-order valence-corrected chi connectivity index (χ1v) is 7.42. The Balaban J connectivity index is 1.44. The van der Waals surface area contributed by atoms with E-state index in [2.05, 4.69) is 38.6 Å². The van der Waals surface area contributed by atoms with E-state index >= 15 is 0 Å². The maximum Gasteiger partial charge on any atom is 0.277 e. The topological polar surface area (TPSA) is 50.7 Å². The normalized spacial score (nSPS) is 25.1. The van der Waals surface area contributed by atoms with Gasteiger partial charge in [0.1, 0.15) is 5.75 Å². The number of hydrazone groups is 1. The zero-order valence-corrected chi connectivity index (χ0v) is 12.5. The summed E-state index contributed by atoms with van der Waals surface area (Å²) in [5, 5.41) is 4.19. The maximum absolute atomic E-state index is 11.7. The van der Waals surface area contributed by atoms with Gasteiger partial charge in [-0.25, -0.2) is 5.43 Å². The first-order chi connectivity index (χ1) is 9.72. The summed E-state index contributed by atoms with van der Waals surface area (Å²) in [4.78, 5) is 11.7. The van der Waals surface area contributed by atoms with Crippen LogP contribution in [0.5, 0.6) is 5.75 Å². The monoisotopic (exact) mass is 334 g/mol. The quantitative estimate of drug-likeness (QED) is 0.679. The van der Waals surface area contributed by atoms with E-state index < -0.39 is 0 Å². The number of rotatable bonds is 4. The molecular weight excluding hydrogens is 320 g/mol. The number of ether oxygens (including phenoxy) is 1. The molecule has 104 valence electrons. The van der Waals surface area contributed by atoms with E-state index in [1.165, 1.54) is 0 Å². The number of halogens is 1. The Labute approximate surface area is 126 Å². The Morgan fingerprint density at radius 1 is 1.40 bits per heavy atom. The number of carbonyl (C=O) groups is 1. The number of carbonyl (C=O) groups excluding carboxylic acids is 1. The Bertz CT molecular complexity index is 566. The van der Waals surface area contributed by atoms with Crippen LogP contribution < -0.4 is 10.2 Å². The molecule has 20 heavy (non-hydrogen) atoms. The van der Waals surface area contributed by atoms with Crippen LogP contribution in [0.3, 0.4) is 0 Å². The van der Waals surface area contributed by atoms with Gasteiger partial charge in [0.05, 0.1) is 0 Å². The summed E-state index contributed by atoms with van der Waals surface area (Å²) >= 11 is 3.35. The first-order valence-electron chi connectivity index (χ1n) is 6.63. The molecule has 5 heteroatoms. The molecular formula is C15H15BrN2O2. The minimum atomic E-state index is -0.227. The van der Waals surface area contributed by atoms with E-state index in [1.54, 1.807) is 0 Å². The Morgan fingerprint density at radius 2 is 2.20 bits per heavy atom. The summed E-state index contributed by atoms with van der Waals surface area (Å²) in [7, 11) is 0. The molecule has 1 amide bonds. The molecule has 1 saturated carbocycles. The Kier molecular flexibility index (Phi) is 3.87. The lowest BCUT2D eigenvalue weighted by Gasteiger charge is -2.31. The van der Waals surface area contributed by atoms with Gasteiger partial charge < -0.3 is 4.74 Å². The highest BCUT2D eigenvalue weighted by molar-refractivity contribution is 9.10. The molecule has 0 radical (unpaired) electrons. The maximum atomic E-state index is 11.7. The zero-order chi connectivity index (χ0) is 13.9. The van der Waals surface area contributed by atoms with Gasteiger partial charge in [0.2, 0.25) is 0 Å². The molecule has 2 aliphatic rings. The van der Waals surface area contributed by atoms with Crippen LogP contribution in [0.2, 0.25) is 0 Å². The molecule has 0 spiro atoms. The molecule has 0 aliphatic heterocycles. The van der Waals surface area contributed by atoms with E-state index in [9.17, 15) is 4.79 Å². The van der Waals surface area contributed by atoms with Crippen molar-refractivity contribution in [3.05, 3.63) is 40.9 Å². The fourth-order valence-corrected chi connectivity index (χ4v) is 2.77. The van der Waals surface area contributed by atoms with E-state index in [4.69, 9.17) is 4.74 Å². The van der Waals surface area contributed by atoms with Gasteiger partial charge in [-0.05, 0) is 43.0 Å². The van der Waals surface area contributed by atoms with Gasteiger partial charge >= 0.3 is 0 Å². The van der Waals surface area contributed by atoms with Crippen LogP contribution in [0.4, 0.5) is 0 Å². The number of nitrogens with zero attached hydrogens (tertiary/aromatic N) is 1. The van der Waals surface area contributed by atoms with Crippen molar-refractivity contribution in [1.29, 1.82) is 0 Å². The van der Waals surface area contributed by atoms with Crippen LogP contribution >= 0.6 is 15.9 Å². The highest BCUT2D eigenvalue weighted by Crippen LogP contribution is 2.39. The largest absolute Gasteiger partial charge is 0.484 e. The van der Waals surface area contributed by atoms with Gasteiger partial charge in [-0.2, -0.15) is 5.10 Å². The Morgan fingerprint density at radius 3 is 2.95 bits per heavy atom. The second-order valence-corrected chi connectivity index (χ2v) is 5.93. The van der Waals surface area contributed by atoms with Crippen molar-refractivity contribution in [3.63, 3.8) is 0 Å². The second kappa shape index (κ2) is 5.79. The van der Waals surface area contributed by atoms with Gasteiger partial charge in [-0.1, -0.05) is 28.1 Å². The van der Waals surface area contributed by atoms with Crippen molar-refractivity contribution in [2.45, 2.75) is 12.8 Å². The molecule has 2 atom stereocenters. The van der Waals surface area contributed by atoms with Gasteiger partial charge in [-0.3, -0.25) is 4.79 Å². The van der Waals surface area contributed by atoms with Crippen molar-refractivity contribution in [2.24, 2.45) is 16.9 Å². The summed E-state index contributed by atoms with van der Waals surface area (Å²) in [6.07, 6.45) is 6.45. The summed E-state index contributed by atoms with van der Waals surface area (Å²) in [5.41, 5.74) is 3.66. The number of hydrogen-bond acceptors (Lipinski definition) is 3. The number of fused-ring (bicyclic) bond motifs is 1. The van der Waals surface area contributed by atoms with Gasteiger partial charge in [0.25, 0.3) is 5.91 Å². The SMILES string of the molecule is O=C(COc1ccc(Br)cc1)N/N=C1/C[C@H]2C=CC[C@H]12. The third-order valence-corrected chi connectivity index (χ3v) is 4.20. The number of hydrogen-bond donors (Lipinski definition) is 1. The van der Waals surface area contributed by atoms with E-state index in [0.29, 0.717) is 17.6 Å². The van der Waals surface area contributed by atoms with Crippen molar-refractivity contribution < 1.29 is 9.53 Å². The van der Waals surface area contributed by atoms with Gasteiger partial charge in [0.15, 0.2) is 6.61 Å². The average Bonchev–Trinajstić information content (AvgIpc) is 2.80. The van der Waals surface area contributed by atoms with E-state index in [0.717, 1.165) is 23.0 Å². The summed E-state index contributed by atoms with van der Waals surface area (Å²) in [5.74, 6) is 1.60. The molecule has 0 saturated heterocycles. The lowest BCUT2D eigenvalue weighted by atomic mass is 9.74. The predicted molar refractivity (Wildman–Crippen MR) is 80.6 cm³/mol. The fourth-order valence-electron chi connectivity index (χ4n) is 2.51. The van der Waals surface area contributed by atoms with E-state index in [1.807, 2.05) is 24.3 Å². The summed E-state index contributed by atoms with van der Waals surface area (Å²) in [6, 6.07) is 7.36. The molecule has 4 nitrogen and oxygen atoms in total. The molecule has 0 heterocycles. The molecule has 0 aromatic heterocycles. The van der Waals surface area contributed by atoms with Crippen LogP contribution in [0.1, 0.15) is 12.8 Å².